The number of phenolic OH excluding ortho intramolecular Hbond substituents is 1. The number of aliphatic hydroxyl groups excluding tert-OH is 1. The van der Waals surface area contributed by atoms with E-state index in [2.05, 4.69) is 15.9 Å². The van der Waals surface area contributed by atoms with E-state index >= 15 is 0 Å². The van der Waals surface area contributed by atoms with Gasteiger partial charge in [-0.15, -0.1) is 0 Å². The van der Waals surface area contributed by atoms with Crippen LogP contribution in [0.2, 0.25) is 0 Å². The van der Waals surface area contributed by atoms with Gasteiger partial charge >= 0.3 is 0 Å². The minimum Gasteiger partial charge on any atom is -0.504 e. The molecular formula is C10H13BrO3. The Morgan fingerprint density at radius 3 is 2.79 bits per heavy atom. The number of benzene rings is 1. The predicted molar refractivity (Wildman–Crippen MR) is 58.1 cm³/mol. The molecule has 1 atom stereocenters. The molecule has 78 valence electrons. The zero-order chi connectivity index (χ0) is 10.6. The van der Waals surface area contributed by atoms with Crippen LogP contribution in [0.4, 0.5) is 0 Å². The lowest BCUT2D eigenvalue weighted by atomic mass is 10.2. The third-order valence-electron chi connectivity index (χ3n) is 1.72. The highest BCUT2D eigenvalue weighted by molar-refractivity contribution is 9.09. The molecule has 0 heterocycles. The Hall–Kier alpha value is -0.740. The second-order valence-corrected chi connectivity index (χ2v) is 3.74. The highest BCUT2D eigenvalue weighted by Crippen LogP contribution is 2.26. The van der Waals surface area contributed by atoms with Crippen LogP contribution in [0.25, 0.3) is 0 Å². The molecule has 4 heteroatoms. The fraction of sp³-hybridized carbons (Fsp3) is 0.400. The van der Waals surface area contributed by atoms with Gasteiger partial charge in [-0.05, 0) is 24.6 Å². The van der Waals surface area contributed by atoms with Crippen LogP contribution in [0.1, 0.15) is 5.56 Å². The number of hydrogen-bond acceptors (Lipinski definition) is 3. The maximum Gasteiger partial charge on any atom is 0.161 e. The van der Waals surface area contributed by atoms with Crippen LogP contribution in [-0.4, -0.2) is 28.3 Å². The molecule has 0 bridgehead atoms. The van der Waals surface area contributed by atoms with Crippen LogP contribution in [-0.2, 0) is 0 Å². The van der Waals surface area contributed by atoms with E-state index in [1.54, 1.807) is 12.1 Å². The summed E-state index contributed by atoms with van der Waals surface area (Å²) in [5.74, 6) is 0.502. The minimum atomic E-state index is -0.560. The third kappa shape index (κ3) is 3.20. The van der Waals surface area contributed by atoms with Gasteiger partial charge in [0, 0.05) is 5.33 Å². The Morgan fingerprint density at radius 2 is 2.21 bits per heavy atom. The Kier molecular flexibility index (Phi) is 4.22. The van der Waals surface area contributed by atoms with Crippen molar-refractivity contribution >= 4 is 15.9 Å². The Morgan fingerprint density at radius 1 is 1.50 bits per heavy atom. The zero-order valence-corrected chi connectivity index (χ0v) is 9.49. The Labute approximate surface area is 91.5 Å². The number of ether oxygens (including phenoxy) is 1. The first-order chi connectivity index (χ1) is 6.63. The second kappa shape index (κ2) is 5.22. The standard InChI is InChI=1S/C10H13BrO3/c1-7-2-3-10(9(13)4-7)14-6-8(12)5-11/h2-4,8,12-13H,5-6H2,1H3. The number of phenols is 1. The molecule has 0 saturated carbocycles. The van der Waals surface area contributed by atoms with Crippen molar-refractivity contribution in [3.63, 3.8) is 0 Å². The van der Waals surface area contributed by atoms with E-state index in [-0.39, 0.29) is 12.4 Å². The first-order valence-corrected chi connectivity index (χ1v) is 5.42. The summed E-state index contributed by atoms with van der Waals surface area (Å²) >= 11 is 3.13. The molecule has 0 saturated heterocycles. The molecular weight excluding hydrogens is 248 g/mol. The number of alkyl halides is 1. The van der Waals surface area contributed by atoms with E-state index < -0.39 is 6.10 Å². The van der Waals surface area contributed by atoms with Crippen molar-refractivity contribution in [2.75, 3.05) is 11.9 Å². The SMILES string of the molecule is Cc1ccc(OCC(O)CBr)c(O)c1. The quantitative estimate of drug-likeness (QED) is 0.813. The normalized spacial score (nSPS) is 12.5. The largest absolute Gasteiger partial charge is 0.504 e. The summed E-state index contributed by atoms with van der Waals surface area (Å²) in [5.41, 5.74) is 0.968. The van der Waals surface area contributed by atoms with Crippen LogP contribution in [0.3, 0.4) is 0 Å². The fourth-order valence-electron chi connectivity index (χ4n) is 0.980. The summed E-state index contributed by atoms with van der Waals surface area (Å²) in [7, 11) is 0. The van der Waals surface area contributed by atoms with Crippen LogP contribution >= 0.6 is 15.9 Å². The van der Waals surface area contributed by atoms with Gasteiger partial charge in [-0.25, -0.2) is 0 Å². The summed E-state index contributed by atoms with van der Waals surface area (Å²) in [6, 6.07) is 5.15. The highest BCUT2D eigenvalue weighted by atomic mass is 79.9. The van der Waals surface area contributed by atoms with Crippen LogP contribution in [0.15, 0.2) is 18.2 Å². The maximum atomic E-state index is 9.46. The second-order valence-electron chi connectivity index (χ2n) is 3.09. The first kappa shape index (κ1) is 11.3. The number of rotatable bonds is 4. The van der Waals surface area contributed by atoms with E-state index in [4.69, 9.17) is 4.74 Å². The highest BCUT2D eigenvalue weighted by Gasteiger charge is 2.06. The van der Waals surface area contributed by atoms with Crippen LogP contribution in [0.5, 0.6) is 11.5 Å². The number of halogens is 1. The Bertz CT molecular complexity index is 301. The molecule has 0 aromatic heterocycles. The topological polar surface area (TPSA) is 49.7 Å². The van der Waals surface area contributed by atoms with Crippen molar-refractivity contribution in [2.45, 2.75) is 13.0 Å². The average Bonchev–Trinajstić information content (AvgIpc) is 2.16. The molecule has 2 N–H and O–H groups in total. The van der Waals surface area contributed by atoms with E-state index in [0.29, 0.717) is 11.1 Å². The number of hydrogen-bond donors (Lipinski definition) is 2. The lowest BCUT2D eigenvalue weighted by Crippen LogP contribution is -2.18. The lowest BCUT2D eigenvalue weighted by molar-refractivity contribution is 0.125. The van der Waals surface area contributed by atoms with Gasteiger partial charge in [0.05, 0.1) is 6.10 Å². The van der Waals surface area contributed by atoms with Crippen molar-refractivity contribution in [3.8, 4) is 11.5 Å². The zero-order valence-electron chi connectivity index (χ0n) is 7.90. The van der Waals surface area contributed by atoms with Gasteiger partial charge in [0.2, 0.25) is 0 Å². The lowest BCUT2D eigenvalue weighted by Gasteiger charge is -2.11. The summed E-state index contributed by atoms with van der Waals surface area (Å²) in [5, 5.41) is 19.1. The molecule has 0 spiro atoms. The minimum absolute atomic E-state index is 0.103. The third-order valence-corrected chi connectivity index (χ3v) is 2.47. The first-order valence-electron chi connectivity index (χ1n) is 4.30. The van der Waals surface area contributed by atoms with Gasteiger partial charge < -0.3 is 14.9 Å². The number of aromatic hydroxyl groups is 1. The molecule has 0 fully saturated rings. The fourth-order valence-corrected chi connectivity index (χ4v) is 1.17. The monoisotopic (exact) mass is 260 g/mol. The Balaban J connectivity index is 2.59. The molecule has 0 amide bonds. The molecule has 0 aliphatic heterocycles. The van der Waals surface area contributed by atoms with E-state index in [9.17, 15) is 10.2 Å². The molecule has 1 aromatic rings. The number of aryl methyl sites for hydroxylation is 1. The van der Waals surface area contributed by atoms with E-state index in [1.165, 1.54) is 0 Å². The van der Waals surface area contributed by atoms with Gasteiger partial charge in [-0.2, -0.15) is 0 Å². The molecule has 14 heavy (non-hydrogen) atoms. The van der Waals surface area contributed by atoms with Crippen molar-refractivity contribution in [1.29, 1.82) is 0 Å². The summed E-state index contributed by atoms with van der Waals surface area (Å²) < 4.78 is 5.21. The summed E-state index contributed by atoms with van der Waals surface area (Å²) in [6.07, 6.45) is -0.560. The van der Waals surface area contributed by atoms with Gasteiger partial charge in [0.1, 0.15) is 6.61 Å². The van der Waals surface area contributed by atoms with Crippen molar-refractivity contribution in [3.05, 3.63) is 23.8 Å². The van der Waals surface area contributed by atoms with Gasteiger partial charge in [-0.3, -0.25) is 0 Å². The summed E-state index contributed by atoms with van der Waals surface area (Å²) in [4.78, 5) is 0. The van der Waals surface area contributed by atoms with Gasteiger partial charge in [0.25, 0.3) is 0 Å². The smallest absolute Gasteiger partial charge is 0.161 e. The molecule has 0 aliphatic carbocycles. The molecule has 1 unspecified atom stereocenters. The number of aliphatic hydroxyl groups is 1. The van der Waals surface area contributed by atoms with Crippen LogP contribution in [0, 0.1) is 6.92 Å². The molecule has 0 radical (unpaired) electrons. The van der Waals surface area contributed by atoms with Crippen molar-refractivity contribution < 1.29 is 14.9 Å². The average molecular weight is 261 g/mol. The van der Waals surface area contributed by atoms with Crippen LogP contribution < -0.4 is 4.74 Å². The van der Waals surface area contributed by atoms with E-state index in [1.807, 2.05) is 13.0 Å². The van der Waals surface area contributed by atoms with Gasteiger partial charge in [-0.1, -0.05) is 22.0 Å². The van der Waals surface area contributed by atoms with Crippen molar-refractivity contribution in [1.82, 2.24) is 0 Å². The predicted octanol–water partition coefficient (Wildman–Crippen LogP) is 1.84. The molecule has 3 nitrogen and oxygen atoms in total. The molecule has 1 aromatic carbocycles. The maximum absolute atomic E-state index is 9.46. The summed E-state index contributed by atoms with van der Waals surface area (Å²) in [6.45, 7) is 2.05. The van der Waals surface area contributed by atoms with Crippen molar-refractivity contribution in [2.24, 2.45) is 0 Å². The molecule has 0 aliphatic rings. The van der Waals surface area contributed by atoms with Gasteiger partial charge in [0.15, 0.2) is 11.5 Å². The van der Waals surface area contributed by atoms with E-state index in [0.717, 1.165) is 5.56 Å². The molecule has 1 rings (SSSR count).